The van der Waals surface area contributed by atoms with E-state index in [0.717, 1.165) is 12.1 Å². The monoisotopic (exact) mass is 142 g/mol. The minimum Gasteiger partial charge on any atom is -0.407 e. The van der Waals surface area contributed by atoms with Crippen LogP contribution in [0.4, 0.5) is 0 Å². The molecule has 0 atom stereocenters. The maximum atomic E-state index is 8.74. The van der Waals surface area contributed by atoms with Crippen molar-refractivity contribution in [2.45, 2.75) is 6.92 Å². The van der Waals surface area contributed by atoms with Gasteiger partial charge in [-0.3, -0.25) is 0 Å². The van der Waals surface area contributed by atoms with E-state index in [4.69, 9.17) is 10.0 Å². The van der Waals surface area contributed by atoms with E-state index in [1.54, 1.807) is 18.3 Å². The van der Waals surface area contributed by atoms with Crippen LogP contribution in [0.5, 0.6) is 0 Å². The van der Waals surface area contributed by atoms with Crippen molar-refractivity contribution >= 4 is 7.25 Å². The molecule has 4 nitrogen and oxygen atoms in total. The van der Waals surface area contributed by atoms with Crippen molar-refractivity contribution in [3.63, 3.8) is 0 Å². The highest BCUT2D eigenvalue weighted by Crippen LogP contribution is 2.11. The first-order valence-corrected chi connectivity index (χ1v) is 3.14. The van der Waals surface area contributed by atoms with E-state index in [0.29, 0.717) is 0 Å². The first-order valence-electron chi connectivity index (χ1n) is 3.14. The van der Waals surface area contributed by atoms with Gasteiger partial charge < -0.3 is 15.0 Å². The van der Waals surface area contributed by atoms with Gasteiger partial charge in [-0.1, -0.05) is 0 Å². The molecule has 0 saturated heterocycles. The molecule has 0 radical (unpaired) electrons. The second-order valence-electron chi connectivity index (χ2n) is 2.52. The van der Waals surface area contributed by atoms with Crippen LogP contribution in [0.25, 0.3) is 0 Å². The molecule has 0 aromatic rings. The Hall–Kier alpha value is -0.515. The molecule has 0 unspecified atom stereocenters. The van der Waals surface area contributed by atoms with E-state index >= 15 is 0 Å². The van der Waals surface area contributed by atoms with Crippen LogP contribution in [0, 0.1) is 0 Å². The summed E-state index contributed by atoms with van der Waals surface area (Å²) in [4.78, 5) is 1.37. The van der Waals surface area contributed by atoms with Gasteiger partial charge in [-0.2, -0.15) is 0 Å². The molecule has 1 aliphatic rings. The molecule has 0 aromatic heterocycles. The van der Waals surface area contributed by atoms with Gasteiger partial charge in [-0.15, -0.1) is 0 Å². The van der Waals surface area contributed by atoms with Gasteiger partial charge in [-0.05, 0) is 12.5 Å². The van der Waals surface area contributed by atoms with Crippen molar-refractivity contribution in [1.29, 1.82) is 0 Å². The molecule has 0 spiro atoms. The Morgan fingerprint density at radius 2 is 2.20 bits per heavy atom. The maximum absolute atomic E-state index is 8.74. The summed E-state index contributed by atoms with van der Waals surface area (Å²) in [5, 5.41) is 19.2. The Bertz CT molecular complexity index is 160. The Labute approximate surface area is 60.5 Å². The molecule has 0 saturated carbocycles. The van der Waals surface area contributed by atoms with Crippen LogP contribution < -0.4 is 0 Å². The Morgan fingerprint density at radius 3 is 2.40 bits per heavy atom. The molecule has 0 amide bonds. The van der Waals surface area contributed by atoms with E-state index in [2.05, 4.69) is 0 Å². The molecule has 0 aliphatic carbocycles. The van der Waals surface area contributed by atoms with Crippen molar-refractivity contribution in [3.05, 3.63) is 11.8 Å². The predicted octanol–water partition coefficient (Wildman–Crippen LogP) is -0.978. The van der Waals surface area contributed by atoms with E-state index in [9.17, 15) is 0 Å². The average molecular weight is 142 g/mol. The molecule has 0 aromatic carbocycles. The largest absolute Gasteiger partial charge is 0.603 e. The fourth-order valence-corrected chi connectivity index (χ4v) is 1.05. The SMILES string of the molecule is CC1=CN(B(O)O)N(C)C1. The standard InChI is InChI=1S/C5H11BN2O2/c1-5-3-7(2)8(4-5)6(9)10/h4,9-10H,3H2,1-2H3. The summed E-state index contributed by atoms with van der Waals surface area (Å²) < 4.78 is 0. The smallest absolute Gasteiger partial charge is 0.407 e. The molecule has 1 heterocycles. The molecule has 2 N–H and O–H groups in total. The lowest BCUT2D eigenvalue weighted by Crippen LogP contribution is -2.43. The summed E-state index contributed by atoms with van der Waals surface area (Å²) in [6.45, 7) is 2.70. The van der Waals surface area contributed by atoms with Crippen LogP contribution in [-0.2, 0) is 0 Å². The van der Waals surface area contributed by atoms with Crippen LogP contribution in [0.1, 0.15) is 6.92 Å². The van der Waals surface area contributed by atoms with Gasteiger partial charge in [0.1, 0.15) is 0 Å². The van der Waals surface area contributed by atoms with Gasteiger partial charge >= 0.3 is 7.25 Å². The van der Waals surface area contributed by atoms with Crippen molar-refractivity contribution in [2.24, 2.45) is 0 Å². The second kappa shape index (κ2) is 2.61. The van der Waals surface area contributed by atoms with Gasteiger partial charge in [0.25, 0.3) is 0 Å². The number of hydrazine groups is 1. The minimum absolute atomic E-state index is 0.762. The van der Waals surface area contributed by atoms with Gasteiger partial charge in [0, 0.05) is 19.8 Å². The molecule has 5 heteroatoms. The zero-order valence-electron chi connectivity index (χ0n) is 6.15. The second-order valence-corrected chi connectivity index (χ2v) is 2.52. The highest BCUT2D eigenvalue weighted by Gasteiger charge is 2.25. The quantitative estimate of drug-likeness (QED) is 0.462. The minimum atomic E-state index is -1.41. The third-order valence-electron chi connectivity index (χ3n) is 1.46. The number of nitrogens with zero attached hydrogens (tertiary/aromatic N) is 2. The van der Waals surface area contributed by atoms with E-state index in [1.165, 1.54) is 4.92 Å². The fraction of sp³-hybridized carbons (Fsp3) is 0.600. The third-order valence-corrected chi connectivity index (χ3v) is 1.46. The lowest BCUT2D eigenvalue weighted by molar-refractivity contribution is 0.124. The molecule has 1 rings (SSSR count). The van der Waals surface area contributed by atoms with Gasteiger partial charge in [0.2, 0.25) is 0 Å². The zero-order valence-corrected chi connectivity index (χ0v) is 6.15. The van der Waals surface area contributed by atoms with E-state index in [1.807, 2.05) is 6.92 Å². The highest BCUT2D eigenvalue weighted by atomic mass is 16.4. The summed E-state index contributed by atoms with van der Waals surface area (Å²) in [5.74, 6) is 0. The fourth-order valence-electron chi connectivity index (χ4n) is 1.05. The number of hydrogen-bond acceptors (Lipinski definition) is 4. The highest BCUT2D eigenvalue weighted by molar-refractivity contribution is 6.37. The van der Waals surface area contributed by atoms with Gasteiger partial charge in [0.15, 0.2) is 0 Å². The van der Waals surface area contributed by atoms with Gasteiger partial charge in [-0.25, -0.2) is 5.01 Å². The lowest BCUT2D eigenvalue weighted by Gasteiger charge is -2.23. The topological polar surface area (TPSA) is 46.9 Å². The summed E-state index contributed by atoms with van der Waals surface area (Å²) in [6, 6.07) is 0. The summed E-state index contributed by atoms with van der Waals surface area (Å²) in [5.41, 5.74) is 1.12. The molecular weight excluding hydrogens is 131 g/mol. The van der Waals surface area contributed by atoms with E-state index in [-0.39, 0.29) is 0 Å². The molecule has 1 aliphatic heterocycles. The third kappa shape index (κ3) is 1.31. The summed E-state index contributed by atoms with van der Waals surface area (Å²) >= 11 is 0. The number of hydrogen-bond donors (Lipinski definition) is 2. The molecule has 0 bridgehead atoms. The van der Waals surface area contributed by atoms with Crippen molar-refractivity contribution in [2.75, 3.05) is 13.6 Å². The first kappa shape index (κ1) is 7.59. The van der Waals surface area contributed by atoms with Crippen LogP contribution >= 0.6 is 0 Å². The average Bonchev–Trinajstić information content (AvgIpc) is 2.10. The number of rotatable bonds is 1. The van der Waals surface area contributed by atoms with E-state index < -0.39 is 7.25 Å². The van der Waals surface area contributed by atoms with Crippen molar-refractivity contribution in [3.8, 4) is 0 Å². The van der Waals surface area contributed by atoms with Crippen LogP contribution in [-0.4, -0.2) is 40.8 Å². The van der Waals surface area contributed by atoms with Crippen molar-refractivity contribution < 1.29 is 10.0 Å². The number of likely N-dealkylation sites (N-methyl/N-ethyl adjacent to an activating group) is 1. The maximum Gasteiger partial charge on any atom is 0.603 e. The predicted molar refractivity (Wildman–Crippen MR) is 38.4 cm³/mol. The Morgan fingerprint density at radius 1 is 1.60 bits per heavy atom. The van der Waals surface area contributed by atoms with Crippen molar-refractivity contribution in [1.82, 2.24) is 9.93 Å². The zero-order chi connectivity index (χ0) is 7.72. The molecule has 56 valence electrons. The first-order chi connectivity index (χ1) is 4.61. The van der Waals surface area contributed by atoms with Crippen LogP contribution in [0.15, 0.2) is 11.8 Å². The lowest BCUT2D eigenvalue weighted by atomic mass is 10.1. The summed E-state index contributed by atoms with van der Waals surface area (Å²) in [6.07, 6.45) is 1.71. The molecule has 10 heavy (non-hydrogen) atoms. The Kier molecular flexibility index (Phi) is 1.98. The van der Waals surface area contributed by atoms with Crippen LogP contribution in [0.3, 0.4) is 0 Å². The van der Waals surface area contributed by atoms with Gasteiger partial charge in [0.05, 0.1) is 0 Å². The summed E-state index contributed by atoms with van der Waals surface area (Å²) in [7, 11) is 0.384. The normalized spacial score (nSPS) is 19.6. The Balaban J connectivity index is 2.60. The molecular formula is C5H11BN2O2. The van der Waals surface area contributed by atoms with Crippen LogP contribution in [0.2, 0.25) is 0 Å². The molecule has 0 fully saturated rings.